The number of hydrogen-bond donors (Lipinski definition) is 1. The summed E-state index contributed by atoms with van der Waals surface area (Å²) < 4.78 is 27.2. The lowest BCUT2D eigenvalue weighted by Gasteiger charge is -2.44. The number of hydrogen-bond acceptors (Lipinski definition) is 3. The monoisotopic (exact) mass is 267 g/mol. The fraction of sp³-hybridized carbons (Fsp3) is 0.643. The minimum absolute atomic E-state index is 0.214. The predicted molar refractivity (Wildman–Crippen MR) is 70.9 cm³/mol. The Bertz CT molecular complexity index is 476. The quantitative estimate of drug-likeness (QED) is 0.850. The lowest BCUT2D eigenvalue weighted by Crippen LogP contribution is -2.47. The summed E-state index contributed by atoms with van der Waals surface area (Å²) in [7, 11) is 0. The molecule has 19 heavy (non-hydrogen) atoms. The van der Waals surface area contributed by atoms with E-state index in [1.165, 1.54) is 25.7 Å². The number of pyridine rings is 1. The van der Waals surface area contributed by atoms with Gasteiger partial charge in [0.2, 0.25) is 0 Å². The van der Waals surface area contributed by atoms with Crippen LogP contribution in [0.15, 0.2) is 6.07 Å². The fourth-order valence-corrected chi connectivity index (χ4v) is 3.56. The average Bonchev–Trinajstić information content (AvgIpc) is 2.42. The Kier molecular flexibility index (Phi) is 3.29. The Hall–Kier alpha value is -1.39. The predicted octanol–water partition coefficient (Wildman–Crippen LogP) is 3.10. The van der Waals surface area contributed by atoms with E-state index in [-0.39, 0.29) is 11.6 Å². The van der Waals surface area contributed by atoms with Crippen molar-refractivity contribution in [1.29, 1.82) is 0 Å². The van der Waals surface area contributed by atoms with Crippen LogP contribution in [-0.2, 0) is 0 Å². The van der Waals surface area contributed by atoms with Crippen molar-refractivity contribution in [3.8, 4) is 0 Å². The second kappa shape index (κ2) is 4.94. The highest BCUT2D eigenvalue weighted by Gasteiger charge is 2.35. The van der Waals surface area contributed by atoms with Gasteiger partial charge in [-0.25, -0.2) is 13.8 Å². The normalized spacial score (nSPS) is 27.2. The van der Waals surface area contributed by atoms with Gasteiger partial charge in [0.15, 0.2) is 23.3 Å². The number of anilines is 2. The Morgan fingerprint density at radius 1 is 1.11 bits per heavy atom. The molecule has 2 aliphatic rings. The second-order valence-corrected chi connectivity index (χ2v) is 5.61. The highest BCUT2D eigenvalue weighted by Crippen LogP contribution is 2.38. The largest absolute Gasteiger partial charge is 0.381 e. The van der Waals surface area contributed by atoms with Crippen molar-refractivity contribution in [2.75, 3.05) is 17.2 Å². The molecule has 2 N–H and O–H groups in total. The van der Waals surface area contributed by atoms with E-state index in [1.54, 1.807) is 0 Å². The van der Waals surface area contributed by atoms with Crippen molar-refractivity contribution >= 4 is 11.6 Å². The van der Waals surface area contributed by atoms with Crippen molar-refractivity contribution in [3.05, 3.63) is 17.7 Å². The summed E-state index contributed by atoms with van der Waals surface area (Å²) >= 11 is 0. The average molecular weight is 267 g/mol. The molecule has 104 valence electrons. The lowest BCUT2D eigenvalue weighted by molar-refractivity contribution is 0.241. The first kappa shape index (κ1) is 12.6. The molecule has 1 saturated carbocycles. The van der Waals surface area contributed by atoms with Crippen LogP contribution < -0.4 is 10.6 Å². The first-order valence-electron chi connectivity index (χ1n) is 7.05. The topological polar surface area (TPSA) is 42.1 Å². The van der Waals surface area contributed by atoms with E-state index in [9.17, 15) is 8.78 Å². The molecule has 2 atom stereocenters. The molecule has 2 fully saturated rings. The standard InChI is InChI=1S/C14H19F2N3/c15-10-8-11(16)14(18-13(10)17)19-7-3-5-9-4-1-2-6-12(9)19/h8-9,12H,1-7H2,(H2,17,18). The minimum atomic E-state index is -0.779. The fourth-order valence-electron chi connectivity index (χ4n) is 3.56. The molecule has 0 aromatic carbocycles. The van der Waals surface area contributed by atoms with Crippen molar-refractivity contribution in [1.82, 2.24) is 4.98 Å². The van der Waals surface area contributed by atoms with Gasteiger partial charge in [-0.3, -0.25) is 0 Å². The van der Waals surface area contributed by atoms with E-state index in [1.807, 2.05) is 4.90 Å². The van der Waals surface area contributed by atoms with Gasteiger partial charge >= 0.3 is 0 Å². The number of rotatable bonds is 1. The number of nitrogens with zero attached hydrogens (tertiary/aromatic N) is 2. The molecule has 0 amide bonds. The smallest absolute Gasteiger partial charge is 0.168 e. The third kappa shape index (κ3) is 2.26. The van der Waals surface area contributed by atoms with Crippen LogP contribution in [0.25, 0.3) is 0 Å². The van der Waals surface area contributed by atoms with E-state index in [0.717, 1.165) is 25.5 Å². The molecular weight excluding hydrogens is 248 g/mol. The molecule has 1 aliphatic heterocycles. The van der Waals surface area contributed by atoms with E-state index in [2.05, 4.69) is 4.98 Å². The molecule has 2 heterocycles. The highest BCUT2D eigenvalue weighted by molar-refractivity contribution is 5.48. The van der Waals surface area contributed by atoms with Crippen molar-refractivity contribution in [3.63, 3.8) is 0 Å². The Labute approximate surface area is 111 Å². The Morgan fingerprint density at radius 2 is 1.84 bits per heavy atom. The molecule has 1 aromatic heterocycles. The molecule has 0 radical (unpaired) electrons. The summed E-state index contributed by atoms with van der Waals surface area (Å²) in [5, 5.41) is 0. The molecule has 0 bridgehead atoms. The molecule has 1 aromatic rings. The lowest BCUT2D eigenvalue weighted by atomic mass is 9.78. The van der Waals surface area contributed by atoms with E-state index >= 15 is 0 Å². The van der Waals surface area contributed by atoms with Gasteiger partial charge in [-0.2, -0.15) is 0 Å². The van der Waals surface area contributed by atoms with Crippen LogP contribution in [0.4, 0.5) is 20.4 Å². The van der Waals surface area contributed by atoms with Gasteiger partial charge in [-0.15, -0.1) is 0 Å². The molecule has 1 aliphatic carbocycles. The van der Waals surface area contributed by atoms with Gasteiger partial charge in [-0.05, 0) is 31.6 Å². The highest BCUT2D eigenvalue weighted by atomic mass is 19.1. The van der Waals surface area contributed by atoms with Gasteiger partial charge in [0.05, 0.1) is 0 Å². The van der Waals surface area contributed by atoms with Crippen LogP contribution in [0.3, 0.4) is 0 Å². The summed E-state index contributed by atoms with van der Waals surface area (Å²) in [6.45, 7) is 0.788. The summed E-state index contributed by atoms with van der Waals surface area (Å²) in [4.78, 5) is 5.95. The number of nitrogens with two attached hydrogens (primary N) is 1. The maximum absolute atomic E-state index is 14.0. The van der Waals surface area contributed by atoms with Crippen molar-refractivity contribution in [2.45, 2.75) is 44.6 Å². The van der Waals surface area contributed by atoms with E-state index in [0.29, 0.717) is 12.0 Å². The van der Waals surface area contributed by atoms with Crippen LogP contribution in [-0.4, -0.2) is 17.6 Å². The third-order valence-corrected chi connectivity index (χ3v) is 4.45. The summed E-state index contributed by atoms with van der Waals surface area (Å²) in [5.41, 5.74) is 5.48. The number of piperidine rings is 1. The molecule has 3 nitrogen and oxygen atoms in total. The van der Waals surface area contributed by atoms with Crippen LogP contribution in [0.2, 0.25) is 0 Å². The molecule has 5 heteroatoms. The summed E-state index contributed by atoms with van der Waals surface area (Å²) in [5.74, 6) is -0.740. The molecule has 2 unspecified atom stereocenters. The van der Waals surface area contributed by atoms with Crippen LogP contribution in [0.5, 0.6) is 0 Å². The maximum atomic E-state index is 14.0. The SMILES string of the molecule is Nc1nc(N2CCCC3CCCCC32)c(F)cc1F. The van der Waals surface area contributed by atoms with Gasteiger partial charge < -0.3 is 10.6 Å². The first-order chi connectivity index (χ1) is 9.16. The van der Waals surface area contributed by atoms with Crippen LogP contribution in [0, 0.1) is 17.6 Å². The molecule has 0 spiro atoms. The van der Waals surface area contributed by atoms with Crippen molar-refractivity contribution < 1.29 is 8.78 Å². The first-order valence-corrected chi connectivity index (χ1v) is 7.05. The minimum Gasteiger partial charge on any atom is -0.381 e. The number of halogens is 2. The van der Waals surface area contributed by atoms with Crippen molar-refractivity contribution in [2.24, 2.45) is 5.92 Å². The zero-order valence-electron chi connectivity index (χ0n) is 10.9. The van der Waals surface area contributed by atoms with Crippen LogP contribution >= 0.6 is 0 Å². The summed E-state index contributed by atoms with van der Waals surface area (Å²) in [6.07, 6.45) is 6.97. The maximum Gasteiger partial charge on any atom is 0.168 e. The molecule has 1 saturated heterocycles. The molecule has 3 rings (SSSR count). The van der Waals surface area contributed by atoms with Gasteiger partial charge in [0.1, 0.15) is 0 Å². The van der Waals surface area contributed by atoms with E-state index in [4.69, 9.17) is 5.73 Å². The van der Waals surface area contributed by atoms with Gasteiger partial charge in [0.25, 0.3) is 0 Å². The zero-order chi connectivity index (χ0) is 13.4. The number of aromatic nitrogens is 1. The van der Waals surface area contributed by atoms with Gasteiger partial charge in [-0.1, -0.05) is 12.8 Å². The second-order valence-electron chi connectivity index (χ2n) is 5.61. The van der Waals surface area contributed by atoms with Gasteiger partial charge in [0, 0.05) is 18.7 Å². The number of nitrogen functional groups attached to an aromatic ring is 1. The third-order valence-electron chi connectivity index (χ3n) is 4.45. The summed E-state index contributed by atoms with van der Waals surface area (Å²) in [6, 6.07) is 1.19. The Morgan fingerprint density at radius 3 is 2.68 bits per heavy atom. The zero-order valence-corrected chi connectivity index (χ0v) is 10.9. The van der Waals surface area contributed by atoms with Crippen LogP contribution in [0.1, 0.15) is 38.5 Å². The number of fused-ring (bicyclic) bond motifs is 1. The van der Waals surface area contributed by atoms with E-state index < -0.39 is 11.6 Å². The molecular formula is C14H19F2N3. The Balaban J connectivity index is 1.93.